The number of benzene rings is 1. The Labute approximate surface area is 122 Å². The van der Waals surface area contributed by atoms with Gasteiger partial charge >= 0.3 is 0 Å². The van der Waals surface area contributed by atoms with Gasteiger partial charge in [0.15, 0.2) is 0 Å². The van der Waals surface area contributed by atoms with Crippen molar-refractivity contribution in [2.75, 3.05) is 7.11 Å². The van der Waals surface area contributed by atoms with E-state index in [-0.39, 0.29) is 10.6 Å². The minimum atomic E-state index is -0.163. The molecule has 0 aromatic heterocycles. The summed E-state index contributed by atoms with van der Waals surface area (Å²) in [6.45, 7) is 0. The van der Waals surface area contributed by atoms with Crippen molar-refractivity contribution in [1.29, 1.82) is 0 Å². The Balaban J connectivity index is 1.68. The normalized spacial score (nSPS) is 30.6. The maximum absolute atomic E-state index is 14.0. The second-order valence-corrected chi connectivity index (χ2v) is 7.13. The maximum Gasteiger partial charge on any atom is 0.131 e. The van der Waals surface area contributed by atoms with Gasteiger partial charge in [-0.2, -0.15) is 0 Å². The standard InChI is InChI=1S/C16H20BrFO/c1-19-13-4-5-14(16(18)9-13)15(17)8-12-7-10-2-3-11(12)6-10/h4-5,9-12,15H,2-3,6-8H2,1H3. The highest BCUT2D eigenvalue weighted by atomic mass is 79.9. The van der Waals surface area contributed by atoms with Gasteiger partial charge in [0.1, 0.15) is 11.6 Å². The van der Waals surface area contributed by atoms with Crippen LogP contribution in [0.25, 0.3) is 0 Å². The van der Waals surface area contributed by atoms with Crippen LogP contribution in [0.1, 0.15) is 42.5 Å². The van der Waals surface area contributed by atoms with Crippen LogP contribution in [0.2, 0.25) is 0 Å². The van der Waals surface area contributed by atoms with Crippen LogP contribution in [0.3, 0.4) is 0 Å². The lowest BCUT2D eigenvalue weighted by Gasteiger charge is -2.24. The van der Waals surface area contributed by atoms with Crippen LogP contribution in [0.4, 0.5) is 4.39 Å². The van der Waals surface area contributed by atoms with Crippen LogP contribution >= 0.6 is 15.9 Å². The molecule has 2 aliphatic rings. The molecule has 4 atom stereocenters. The van der Waals surface area contributed by atoms with E-state index in [4.69, 9.17) is 4.74 Å². The molecule has 4 unspecified atom stereocenters. The van der Waals surface area contributed by atoms with Crippen LogP contribution in [-0.2, 0) is 0 Å². The van der Waals surface area contributed by atoms with Gasteiger partial charge in [-0.05, 0) is 49.5 Å². The van der Waals surface area contributed by atoms with Gasteiger partial charge in [-0.3, -0.25) is 0 Å². The Kier molecular flexibility index (Phi) is 3.84. The van der Waals surface area contributed by atoms with E-state index in [1.54, 1.807) is 7.11 Å². The molecule has 2 aliphatic carbocycles. The summed E-state index contributed by atoms with van der Waals surface area (Å²) in [6.07, 6.45) is 6.63. The molecule has 0 aliphatic heterocycles. The first kappa shape index (κ1) is 13.4. The monoisotopic (exact) mass is 326 g/mol. The van der Waals surface area contributed by atoms with E-state index >= 15 is 0 Å². The number of ether oxygens (including phenoxy) is 1. The fourth-order valence-corrected chi connectivity index (χ4v) is 4.80. The van der Waals surface area contributed by atoms with Gasteiger partial charge in [0.05, 0.1) is 7.11 Å². The van der Waals surface area contributed by atoms with E-state index in [0.29, 0.717) is 5.75 Å². The molecule has 2 saturated carbocycles. The number of hydrogen-bond acceptors (Lipinski definition) is 1. The van der Waals surface area contributed by atoms with Crippen molar-refractivity contribution in [3.63, 3.8) is 0 Å². The zero-order valence-corrected chi connectivity index (χ0v) is 12.8. The molecule has 0 heterocycles. The van der Waals surface area contributed by atoms with Gasteiger partial charge in [-0.25, -0.2) is 4.39 Å². The lowest BCUT2D eigenvalue weighted by atomic mass is 9.84. The first-order valence-electron chi connectivity index (χ1n) is 7.15. The molecule has 2 fully saturated rings. The van der Waals surface area contributed by atoms with Crippen LogP contribution in [0.15, 0.2) is 18.2 Å². The van der Waals surface area contributed by atoms with Gasteiger partial charge in [0.25, 0.3) is 0 Å². The van der Waals surface area contributed by atoms with Crippen molar-refractivity contribution >= 4 is 15.9 Å². The van der Waals surface area contributed by atoms with Crippen molar-refractivity contribution in [3.8, 4) is 5.75 Å². The third-order valence-electron chi connectivity index (χ3n) is 4.94. The molecule has 1 aromatic carbocycles. The van der Waals surface area contributed by atoms with Gasteiger partial charge in [0.2, 0.25) is 0 Å². The average molecular weight is 327 g/mol. The highest BCUT2D eigenvalue weighted by Gasteiger charge is 2.40. The summed E-state index contributed by atoms with van der Waals surface area (Å²) >= 11 is 3.68. The first-order valence-corrected chi connectivity index (χ1v) is 8.06. The quantitative estimate of drug-likeness (QED) is 0.700. The number of halogens is 2. The maximum atomic E-state index is 14.0. The summed E-state index contributed by atoms with van der Waals surface area (Å²) in [4.78, 5) is 0.128. The second kappa shape index (κ2) is 5.43. The summed E-state index contributed by atoms with van der Waals surface area (Å²) in [5.74, 6) is 3.05. The fraction of sp³-hybridized carbons (Fsp3) is 0.625. The first-order chi connectivity index (χ1) is 9.17. The highest BCUT2D eigenvalue weighted by molar-refractivity contribution is 9.09. The zero-order valence-electron chi connectivity index (χ0n) is 11.2. The Bertz CT molecular complexity index is 462. The number of methoxy groups -OCH3 is 1. The van der Waals surface area contributed by atoms with E-state index in [9.17, 15) is 4.39 Å². The van der Waals surface area contributed by atoms with E-state index < -0.39 is 0 Å². The van der Waals surface area contributed by atoms with E-state index in [1.807, 2.05) is 12.1 Å². The van der Waals surface area contributed by atoms with Crippen molar-refractivity contribution in [2.24, 2.45) is 17.8 Å². The van der Waals surface area contributed by atoms with Gasteiger partial charge in [-0.1, -0.05) is 28.4 Å². The van der Waals surface area contributed by atoms with E-state index in [0.717, 1.165) is 29.7 Å². The van der Waals surface area contributed by atoms with Crippen LogP contribution in [-0.4, -0.2) is 7.11 Å². The largest absolute Gasteiger partial charge is 0.497 e. The molecule has 0 amide bonds. The molecule has 104 valence electrons. The van der Waals surface area contributed by atoms with E-state index in [1.165, 1.54) is 31.7 Å². The highest BCUT2D eigenvalue weighted by Crippen LogP contribution is 2.52. The zero-order chi connectivity index (χ0) is 13.4. The number of alkyl halides is 1. The summed E-state index contributed by atoms with van der Waals surface area (Å²) in [6, 6.07) is 5.17. The summed E-state index contributed by atoms with van der Waals surface area (Å²) < 4.78 is 19.1. The molecule has 0 spiro atoms. The summed E-state index contributed by atoms with van der Waals surface area (Å²) in [5.41, 5.74) is 0.767. The molecule has 2 bridgehead atoms. The molecular formula is C16H20BrFO. The lowest BCUT2D eigenvalue weighted by Crippen LogP contribution is -2.12. The Morgan fingerprint density at radius 3 is 2.79 bits per heavy atom. The smallest absolute Gasteiger partial charge is 0.131 e. The molecular weight excluding hydrogens is 307 g/mol. The van der Waals surface area contributed by atoms with Crippen molar-refractivity contribution in [2.45, 2.75) is 36.9 Å². The number of fused-ring (bicyclic) bond motifs is 2. The minimum Gasteiger partial charge on any atom is -0.497 e. The van der Waals surface area contributed by atoms with Crippen molar-refractivity contribution in [1.82, 2.24) is 0 Å². The fourth-order valence-electron chi connectivity index (χ4n) is 3.95. The average Bonchev–Trinajstić information content (AvgIpc) is 3.00. The Morgan fingerprint density at radius 1 is 1.37 bits per heavy atom. The molecule has 0 radical (unpaired) electrons. The third-order valence-corrected chi connectivity index (χ3v) is 5.81. The van der Waals surface area contributed by atoms with Crippen molar-refractivity contribution in [3.05, 3.63) is 29.6 Å². The molecule has 1 aromatic rings. The predicted octanol–water partition coefficient (Wildman–Crippen LogP) is 5.10. The van der Waals surface area contributed by atoms with Crippen LogP contribution < -0.4 is 4.74 Å². The van der Waals surface area contributed by atoms with Crippen LogP contribution in [0.5, 0.6) is 5.75 Å². The molecule has 19 heavy (non-hydrogen) atoms. The van der Waals surface area contributed by atoms with Gasteiger partial charge < -0.3 is 4.74 Å². The third kappa shape index (κ3) is 2.67. The minimum absolute atomic E-state index is 0.128. The van der Waals surface area contributed by atoms with E-state index in [2.05, 4.69) is 15.9 Å². The lowest BCUT2D eigenvalue weighted by molar-refractivity contribution is 0.313. The number of rotatable bonds is 4. The number of hydrogen-bond donors (Lipinski definition) is 0. The Morgan fingerprint density at radius 2 is 2.21 bits per heavy atom. The van der Waals surface area contributed by atoms with Crippen molar-refractivity contribution < 1.29 is 9.13 Å². The molecule has 3 rings (SSSR count). The Hall–Kier alpha value is -0.570. The van der Waals surface area contributed by atoms with Gasteiger partial charge in [0, 0.05) is 16.5 Å². The predicted molar refractivity (Wildman–Crippen MR) is 78.2 cm³/mol. The summed E-state index contributed by atoms with van der Waals surface area (Å²) in [5, 5.41) is 0. The SMILES string of the molecule is COc1ccc(C(Br)CC2CC3CCC2C3)c(F)c1. The molecule has 0 N–H and O–H groups in total. The molecule has 1 nitrogen and oxygen atoms in total. The summed E-state index contributed by atoms with van der Waals surface area (Å²) in [7, 11) is 1.56. The molecule has 3 heteroatoms. The van der Waals surface area contributed by atoms with Gasteiger partial charge in [-0.15, -0.1) is 0 Å². The molecule has 0 saturated heterocycles. The van der Waals surface area contributed by atoms with Crippen LogP contribution in [0, 0.1) is 23.6 Å². The second-order valence-electron chi connectivity index (χ2n) is 6.03. The topological polar surface area (TPSA) is 9.23 Å².